The number of alkyl halides is 2. The molecule has 1 heterocycles. The molecule has 0 N–H and O–H groups in total. The summed E-state index contributed by atoms with van der Waals surface area (Å²) in [5.41, 5.74) is 10.7. The summed E-state index contributed by atoms with van der Waals surface area (Å²) in [6.07, 6.45) is 3.25. The Bertz CT molecular complexity index is 1390. The number of nitrogens with zero attached hydrogens (tertiary/aromatic N) is 1. The first-order valence-electron chi connectivity index (χ1n) is 11.4. The van der Waals surface area contributed by atoms with E-state index in [-0.39, 0.29) is 18.8 Å². The molecule has 3 aromatic carbocycles. The molecule has 0 spiro atoms. The summed E-state index contributed by atoms with van der Waals surface area (Å²) in [6, 6.07) is 19.4. The maximum Gasteiger partial charge on any atom is 0.248 e. The number of rotatable bonds is 2. The van der Waals surface area contributed by atoms with E-state index in [1.54, 1.807) is 0 Å². The van der Waals surface area contributed by atoms with Crippen molar-refractivity contribution < 1.29 is 8.78 Å². The number of halogens is 2. The maximum atomic E-state index is 14.0. The normalized spacial score (nSPS) is 18.7. The van der Waals surface area contributed by atoms with Gasteiger partial charge in [-0.05, 0) is 95.1 Å². The van der Waals surface area contributed by atoms with Crippen LogP contribution in [-0.4, -0.2) is 10.9 Å². The van der Waals surface area contributed by atoms with Gasteiger partial charge in [-0.15, -0.1) is 0 Å². The Balaban J connectivity index is 1.56. The van der Waals surface area contributed by atoms with Crippen LogP contribution in [0.4, 0.5) is 8.78 Å². The van der Waals surface area contributed by atoms with Gasteiger partial charge in [-0.2, -0.15) is 0 Å². The van der Waals surface area contributed by atoms with Gasteiger partial charge in [0.25, 0.3) is 0 Å². The van der Waals surface area contributed by atoms with E-state index in [9.17, 15) is 8.78 Å². The van der Waals surface area contributed by atoms with Crippen molar-refractivity contribution >= 4 is 10.8 Å². The Morgan fingerprint density at radius 3 is 2.53 bits per heavy atom. The topological polar surface area (TPSA) is 12.9 Å². The summed E-state index contributed by atoms with van der Waals surface area (Å²) in [7, 11) is 0. The van der Waals surface area contributed by atoms with Crippen LogP contribution in [-0.2, 0) is 6.42 Å². The molecule has 0 radical (unpaired) electrons. The summed E-state index contributed by atoms with van der Waals surface area (Å²) >= 11 is 0. The molecule has 3 heteroatoms. The monoisotopic (exact) mass is 425 g/mol. The van der Waals surface area contributed by atoms with Gasteiger partial charge in [-0.1, -0.05) is 36.4 Å². The van der Waals surface area contributed by atoms with Crippen molar-refractivity contribution in [3.05, 3.63) is 88.6 Å². The average molecular weight is 426 g/mol. The van der Waals surface area contributed by atoms with E-state index in [2.05, 4.69) is 62.4 Å². The van der Waals surface area contributed by atoms with Gasteiger partial charge in [0.1, 0.15) is 0 Å². The summed E-state index contributed by atoms with van der Waals surface area (Å²) < 4.78 is 27.9. The zero-order valence-electron chi connectivity index (χ0n) is 18.4. The quantitative estimate of drug-likeness (QED) is 0.279. The summed E-state index contributed by atoms with van der Waals surface area (Å²) in [4.78, 5) is 4.85. The molecule has 2 aliphatic carbocycles. The molecule has 1 unspecified atom stereocenters. The highest BCUT2D eigenvalue weighted by atomic mass is 19.3. The molecule has 32 heavy (non-hydrogen) atoms. The van der Waals surface area contributed by atoms with E-state index in [0.29, 0.717) is 6.42 Å². The van der Waals surface area contributed by atoms with Gasteiger partial charge in [0, 0.05) is 30.0 Å². The lowest BCUT2D eigenvalue weighted by molar-refractivity contribution is 0.00777. The lowest BCUT2D eigenvalue weighted by atomic mass is 9.89. The lowest BCUT2D eigenvalue weighted by Crippen LogP contribution is -2.09. The third kappa shape index (κ3) is 3.06. The first-order valence-corrected chi connectivity index (χ1v) is 11.4. The number of fused-ring (bicyclic) bond motifs is 4. The Hall–Kier alpha value is -3.07. The van der Waals surface area contributed by atoms with Crippen molar-refractivity contribution in [3.63, 3.8) is 0 Å². The minimum atomic E-state index is -2.55. The highest BCUT2D eigenvalue weighted by Gasteiger charge is 2.40. The number of pyridine rings is 1. The van der Waals surface area contributed by atoms with E-state index < -0.39 is 5.92 Å². The minimum absolute atomic E-state index is 0.0156. The second-order valence-electron chi connectivity index (χ2n) is 9.56. The second-order valence-corrected chi connectivity index (χ2v) is 9.56. The van der Waals surface area contributed by atoms with Gasteiger partial charge in [-0.25, -0.2) is 8.78 Å². The molecule has 1 aromatic heterocycles. The lowest BCUT2D eigenvalue weighted by Gasteiger charge is -2.17. The molecule has 160 valence electrons. The van der Waals surface area contributed by atoms with Crippen LogP contribution in [0.2, 0.25) is 0 Å². The molecule has 4 aromatic rings. The van der Waals surface area contributed by atoms with Crippen molar-refractivity contribution in [3.8, 4) is 22.4 Å². The van der Waals surface area contributed by atoms with Crippen LogP contribution in [0.3, 0.4) is 0 Å². The first-order chi connectivity index (χ1) is 15.4. The average Bonchev–Trinajstić information content (AvgIpc) is 3.32. The fourth-order valence-electron chi connectivity index (χ4n) is 5.77. The maximum absolute atomic E-state index is 14.0. The highest BCUT2D eigenvalue weighted by Crippen LogP contribution is 2.47. The third-order valence-electron chi connectivity index (χ3n) is 7.31. The SMILES string of the molecule is Cc1cc2c(c(-c3nccc4c(C)cc(C5CCC(F)(F)C5)cc34)c1)Cc1ccccc1-2. The van der Waals surface area contributed by atoms with Gasteiger partial charge in [0.2, 0.25) is 5.92 Å². The van der Waals surface area contributed by atoms with Crippen LogP contribution in [0, 0.1) is 13.8 Å². The van der Waals surface area contributed by atoms with E-state index in [4.69, 9.17) is 4.98 Å². The third-order valence-corrected chi connectivity index (χ3v) is 7.31. The van der Waals surface area contributed by atoms with Gasteiger partial charge in [0.05, 0.1) is 5.69 Å². The molecule has 0 bridgehead atoms. The van der Waals surface area contributed by atoms with Gasteiger partial charge in [0.15, 0.2) is 0 Å². The molecular formula is C29H25F2N. The van der Waals surface area contributed by atoms with Gasteiger partial charge >= 0.3 is 0 Å². The number of hydrogen-bond donors (Lipinski definition) is 0. The van der Waals surface area contributed by atoms with Crippen LogP contribution in [0.25, 0.3) is 33.2 Å². The Morgan fingerprint density at radius 2 is 1.72 bits per heavy atom. The number of aryl methyl sites for hydroxylation is 2. The summed E-state index contributed by atoms with van der Waals surface area (Å²) in [5, 5.41) is 2.22. The van der Waals surface area contributed by atoms with Gasteiger partial charge < -0.3 is 0 Å². The van der Waals surface area contributed by atoms with Crippen molar-refractivity contribution in [2.75, 3.05) is 0 Å². The second kappa shape index (κ2) is 6.96. The predicted octanol–water partition coefficient (Wildman–Crippen LogP) is 7.99. The molecule has 1 fully saturated rings. The van der Waals surface area contributed by atoms with Crippen LogP contribution >= 0.6 is 0 Å². The molecule has 0 aliphatic heterocycles. The van der Waals surface area contributed by atoms with Crippen LogP contribution < -0.4 is 0 Å². The van der Waals surface area contributed by atoms with Crippen molar-refractivity contribution in [1.82, 2.24) is 4.98 Å². The fourth-order valence-corrected chi connectivity index (χ4v) is 5.77. The Kier molecular flexibility index (Phi) is 4.27. The van der Waals surface area contributed by atoms with Crippen molar-refractivity contribution in [2.24, 2.45) is 0 Å². The smallest absolute Gasteiger partial charge is 0.248 e. The molecule has 1 saturated carbocycles. The van der Waals surface area contributed by atoms with Gasteiger partial charge in [-0.3, -0.25) is 4.98 Å². The minimum Gasteiger partial charge on any atom is -0.256 e. The highest BCUT2D eigenvalue weighted by molar-refractivity contribution is 5.99. The van der Waals surface area contributed by atoms with Crippen molar-refractivity contribution in [2.45, 2.75) is 51.4 Å². The zero-order valence-corrected chi connectivity index (χ0v) is 18.4. The van der Waals surface area contributed by atoms with E-state index in [0.717, 1.165) is 39.6 Å². The molecule has 1 atom stereocenters. The van der Waals surface area contributed by atoms with Crippen molar-refractivity contribution in [1.29, 1.82) is 0 Å². The first kappa shape index (κ1) is 19.6. The fraction of sp³-hybridized carbons (Fsp3) is 0.276. The summed E-state index contributed by atoms with van der Waals surface area (Å²) in [6.45, 7) is 4.21. The van der Waals surface area contributed by atoms with Crippen LogP contribution in [0.5, 0.6) is 0 Å². The number of aromatic nitrogens is 1. The molecule has 2 aliphatic rings. The van der Waals surface area contributed by atoms with Crippen LogP contribution in [0.1, 0.15) is 53.0 Å². The number of benzene rings is 3. The Morgan fingerprint density at radius 1 is 0.906 bits per heavy atom. The molecule has 6 rings (SSSR count). The molecule has 1 nitrogen and oxygen atoms in total. The number of hydrogen-bond acceptors (Lipinski definition) is 1. The largest absolute Gasteiger partial charge is 0.256 e. The molecule has 0 amide bonds. The molecular weight excluding hydrogens is 400 g/mol. The Labute approximate surface area is 187 Å². The zero-order chi connectivity index (χ0) is 22.0. The molecule has 0 saturated heterocycles. The van der Waals surface area contributed by atoms with Crippen LogP contribution in [0.15, 0.2) is 60.8 Å². The predicted molar refractivity (Wildman–Crippen MR) is 126 cm³/mol. The van der Waals surface area contributed by atoms with E-state index in [1.807, 2.05) is 12.3 Å². The van der Waals surface area contributed by atoms with E-state index >= 15 is 0 Å². The summed E-state index contributed by atoms with van der Waals surface area (Å²) in [5.74, 6) is -2.64. The van der Waals surface area contributed by atoms with E-state index in [1.165, 1.54) is 27.8 Å². The standard InChI is InChI=1S/C29H25F2N/c1-17-11-24-23-6-4-3-5-19(23)14-25(24)26(12-17)28-27-15-21(20-7-9-29(30,31)16-20)13-18(2)22(27)8-10-32-28/h3-6,8,10-13,15,20H,7,9,14,16H2,1-2H3.